The molecular weight excluding hydrogens is 433 g/mol. The molecule has 1 aromatic heterocycles. The smallest absolute Gasteiger partial charge is 0.227 e. The molecule has 0 bridgehead atoms. The largest absolute Gasteiger partial charge is 0.438 e. The van der Waals surface area contributed by atoms with Crippen molar-refractivity contribution in [2.75, 3.05) is 13.2 Å². The standard InChI is InChI=1S/C27H36FN3O3/c1-19(2)30(16-23(32)18-33-27(4,5)6)17-25-20(3)29-31(22-12-8-7-9-13-22)26(25)34-24-14-10-11-21(28)15-24/h7-15,19,23,32H,16-18H2,1-6H3. The molecule has 0 saturated carbocycles. The van der Waals surface area contributed by atoms with E-state index in [0.717, 1.165) is 16.9 Å². The zero-order valence-electron chi connectivity index (χ0n) is 21.0. The maximum atomic E-state index is 13.9. The fraction of sp³-hybridized carbons (Fsp3) is 0.444. The second kappa shape index (κ2) is 11.1. The lowest BCUT2D eigenvalue weighted by atomic mass is 10.1. The van der Waals surface area contributed by atoms with Gasteiger partial charge >= 0.3 is 0 Å². The fourth-order valence-corrected chi connectivity index (χ4v) is 3.54. The molecule has 2 aromatic carbocycles. The summed E-state index contributed by atoms with van der Waals surface area (Å²) in [6.45, 7) is 13.2. The minimum absolute atomic E-state index is 0.158. The van der Waals surface area contributed by atoms with Gasteiger partial charge in [-0.05, 0) is 65.8 Å². The van der Waals surface area contributed by atoms with Gasteiger partial charge in [-0.1, -0.05) is 24.3 Å². The first kappa shape index (κ1) is 25.9. The minimum atomic E-state index is -0.640. The number of aliphatic hydroxyl groups is 1. The maximum Gasteiger partial charge on any atom is 0.227 e. The van der Waals surface area contributed by atoms with Gasteiger partial charge in [0.2, 0.25) is 5.88 Å². The Balaban J connectivity index is 1.93. The summed E-state index contributed by atoms with van der Waals surface area (Å²) in [4.78, 5) is 2.16. The molecule has 0 saturated heterocycles. The van der Waals surface area contributed by atoms with E-state index >= 15 is 0 Å². The van der Waals surface area contributed by atoms with Gasteiger partial charge in [0.05, 0.1) is 35.3 Å². The number of rotatable bonds is 10. The van der Waals surface area contributed by atoms with Crippen LogP contribution in [0.3, 0.4) is 0 Å². The topological polar surface area (TPSA) is 59.8 Å². The van der Waals surface area contributed by atoms with Gasteiger partial charge in [0.15, 0.2) is 0 Å². The van der Waals surface area contributed by atoms with Crippen molar-refractivity contribution in [2.24, 2.45) is 0 Å². The number of halogens is 1. The molecule has 3 aromatic rings. The number of hydrogen-bond acceptors (Lipinski definition) is 5. The van der Waals surface area contributed by atoms with Crippen LogP contribution in [0, 0.1) is 12.7 Å². The number of aliphatic hydroxyl groups excluding tert-OH is 1. The quantitative estimate of drug-likeness (QED) is 0.425. The minimum Gasteiger partial charge on any atom is -0.438 e. The predicted molar refractivity (Wildman–Crippen MR) is 132 cm³/mol. The second-order valence-corrected chi connectivity index (χ2v) is 9.78. The molecule has 0 aliphatic carbocycles. The Bertz CT molecular complexity index is 1060. The van der Waals surface area contributed by atoms with Crippen molar-refractivity contribution in [1.29, 1.82) is 0 Å². The first-order chi connectivity index (χ1) is 16.0. The molecule has 0 radical (unpaired) electrons. The molecule has 184 valence electrons. The van der Waals surface area contributed by atoms with E-state index < -0.39 is 6.10 Å². The number of ether oxygens (including phenoxy) is 2. The van der Waals surface area contributed by atoms with Crippen LogP contribution in [0.5, 0.6) is 11.6 Å². The average Bonchev–Trinajstić information content (AvgIpc) is 3.07. The highest BCUT2D eigenvalue weighted by atomic mass is 19.1. The van der Waals surface area contributed by atoms with Crippen LogP contribution in [0.15, 0.2) is 54.6 Å². The van der Waals surface area contributed by atoms with Crippen LogP contribution in [-0.4, -0.2) is 50.7 Å². The molecule has 1 atom stereocenters. The van der Waals surface area contributed by atoms with E-state index in [2.05, 4.69) is 18.7 Å². The third-order valence-electron chi connectivity index (χ3n) is 5.39. The van der Waals surface area contributed by atoms with Crippen LogP contribution in [0.1, 0.15) is 45.9 Å². The third-order valence-corrected chi connectivity index (χ3v) is 5.39. The van der Waals surface area contributed by atoms with Gasteiger partial charge in [0, 0.05) is 25.2 Å². The Kier molecular flexibility index (Phi) is 8.47. The van der Waals surface area contributed by atoms with Gasteiger partial charge < -0.3 is 14.6 Å². The highest BCUT2D eigenvalue weighted by Crippen LogP contribution is 2.32. The Hall–Kier alpha value is -2.74. The lowest BCUT2D eigenvalue weighted by molar-refractivity contribution is -0.0587. The highest BCUT2D eigenvalue weighted by Gasteiger charge is 2.24. The zero-order chi connectivity index (χ0) is 24.9. The van der Waals surface area contributed by atoms with E-state index in [0.29, 0.717) is 24.7 Å². The molecule has 0 aliphatic heterocycles. The van der Waals surface area contributed by atoms with Crippen LogP contribution in [-0.2, 0) is 11.3 Å². The van der Waals surface area contributed by atoms with Crippen molar-refractivity contribution >= 4 is 0 Å². The van der Waals surface area contributed by atoms with Gasteiger partial charge in [-0.3, -0.25) is 4.90 Å². The van der Waals surface area contributed by atoms with Gasteiger partial charge in [0.1, 0.15) is 11.6 Å². The Morgan fingerprint density at radius 3 is 2.41 bits per heavy atom. The summed E-state index contributed by atoms with van der Waals surface area (Å²) in [6.07, 6.45) is -0.640. The monoisotopic (exact) mass is 469 g/mol. The maximum absolute atomic E-state index is 13.9. The fourth-order valence-electron chi connectivity index (χ4n) is 3.54. The molecule has 0 spiro atoms. The highest BCUT2D eigenvalue weighted by molar-refractivity contribution is 5.43. The number of para-hydroxylation sites is 1. The summed E-state index contributed by atoms with van der Waals surface area (Å²) in [5.74, 6) is 0.556. The van der Waals surface area contributed by atoms with Crippen molar-refractivity contribution < 1.29 is 19.0 Å². The first-order valence-electron chi connectivity index (χ1n) is 11.7. The first-order valence-corrected chi connectivity index (χ1v) is 11.7. The number of benzene rings is 2. The lowest BCUT2D eigenvalue weighted by Crippen LogP contribution is -2.40. The van der Waals surface area contributed by atoms with Gasteiger partial charge in [-0.2, -0.15) is 5.10 Å². The summed E-state index contributed by atoms with van der Waals surface area (Å²) in [5.41, 5.74) is 2.22. The summed E-state index contributed by atoms with van der Waals surface area (Å²) < 4.78 is 27.6. The van der Waals surface area contributed by atoms with E-state index in [1.807, 2.05) is 58.0 Å². The van der Waals surface area contributed by atoms with Crippen LogP contribution >= 0.6 is 0 Å². The summed E-state index contributed by atoms with van der Waals surface area (Å²) in [7, 11) is 0. The SMILES string of the molecule is Cc1nn(-c2ccccc2)c(Oc2cccc(F)c2)c1CN(CC(O)COC(C)(C)C)C(C)C. The molecule has 1 N–H and O–H groups in total. The van der Waals surface area contributed by atoms with E-state index in [1.165, 1.54) is 12.1 Å². The summed E-state index contributed by atoms with van der Waals surface area (Å²) in [5, 5.41) is 15.4. The van der Waals surface area contributed by atoms with E-state index in [-0.39, 0.29) is 24.1 Å². The average molecular weight is 470 g/mol. The third kappa shape index (κ3) is 7.13. The predicted octanol–water partition coefficient (Wildman–Crippen LogP) is 5.50. The van der Waals surface area contributed by atoms with Crippen molar-refractivity contribution in [3.8, 4) is 17.3 Å². The molecule has 0 fully saturated rings. The van der Waals surface area contributed by atoms with E-state index in [4.69, 9.17) is 14.6 Å². The van der Waals surface area contributed by atoms with Gasteiger partial charge in [0.25, 0.3) is 0 Å². The molecule has 3 rings (SSSR count). The number of hydrogen-bond donors (Lipinski definition) is 1. The van der Waals surface area contributed by atoms with Crippen LogP contribution in [0.25, 0.3) is 5.69 Å². The van der Waals surface area contributed by atoms with E-state index in [9.17, 15) is 9.50 Å². The normalized spacial score (nSPS) is 13.0. The van der Waals surface area contributed by atoms with Crippen molar-refractivity contribution in [2.45, 2.75) is 65.8 Å². The Morgan fingerprint density at radius 2 is 1.79 bits per heavy atom. The molecular formula is C27H36FN3O3. The molecule has 6 nitrogen and oxygen atoms in total. The zero-order valence-corrected chi connectivity index (χ0v) is 21.0. The molecule has 7 heteroatoms. The summed E-state index contributed by atoms with van der Waals surface area (Å²) in [6, 6.07) is 15.9. The van der Waals surface area contributed by atoms with E-state index in [1.54, 1.807) is 16.8 Å². The molecule has 0 aliphatic rings. The van der Waals surface area contributed by atoms with Gasteiger partial charge in [-0.15, -0.1) is 0 Å². The summed E-state index contributed by atoms with van der Waals surface area (Å²) >= 11 is 0. The second-order valence-electron chi connectivity index (χ2n) is 9.78. The Morgan fingerprint density at radius 1 is 1.09 bits per heavy atom. The van der Waals surface area contributed by atoms with Crippen molar-refractivity contribution in [3.63, 3.8) is 0 Å². The van der Waals surface area contributed by atoms with Gasteiger partial charge in [-0.25, -0.2) is 9.07 Å². The van der Waals surface area contributed by atoms with Crippen molar-refractivity contribution in [1.82, 2.24) is 14.7 Å². The number of aromatic nitrogens is 2. The van der Waals surface area contributed by atoms with Crippen molar-refractivity contribution in [3.05, 3.63) is 71.7 Å². The van der Waals surface area contributed by atoms with Crippen LogP contribution < -0.4 is 4.74 Å². The molecule has 0 amide bonds. The molecule has 1 heterocycles. The van der Waals surface area contributed by atoms with Crippen LogP contribution in [0.2, 0.25) is 0 Å². The molecule has 34 heavy (non-hydrogen) atoms. The Labute approximate surface area is 201 Å². The van der Waals surface area contributed by atoms with Crippen LogP contribution in [0.4, 0.5) is 4.39 Å². The molecule has 1 unspecified atom stereocenters. The number of aryl methyl sites for hydroxylation is 1. The number of nitrogens with zero attached hydrogens (tertiary/aromatic N) is 3. The lowest BCUT2D eigenvalue weighted by Gasteiger charge is -2.30.